The molecule has 0 saturated carbocycles. The molecule has 1 saturated heterocycles. The van der Waals surface area contributed by atoms with E-state index in [9.17, 15) is 22.8 Å². The van der Waals surface area contributed by atoms with Crippen LogP contribution in [0.1, 0.15) is 13.8 Å². The number of nitrogens with one attached hydrogen (secondary N) is 1. The monoisotopic (exact) mass is 396 g/mol. The summed E-state index contributed by atoms with van der Waals surface area (Å²) in [7, 11) is -3.71. The highest BCUT2D eigenvalue weighted by Crippen LogP contribution is 2.22. The van der Waals surface area contributed by atoms with E-state index in [0.29, 0.717) is 37.6 Å². The lowest BCUT2D eigenvalue weighted by Crippen LogP contribution is -2.52. The molecule has 2 rings (SSSR count). The molecule has 0 radical (unpaired) electrons. The minimum Gasteiger partial charge on any atom is -0.339 e. The normalized spacial score (nSPS) is 14.6. The number of piperazine rings is 1. The quantitative estimate of drug-likeness (QED) is 0.760. The molecule has 9 nitrogen and oxygen atoms in total. The fraction of sp³-hybridized carbons (Fsp3) is 0.471. The average Bonchev–Trinajstić information content (AvgIpc) is 2.58. The summed E-state index contributed by atoms with van der Waals surface area (Å²) in [6.07, 6.45) is 1.03. The molecule has 0 aliphatic carbocycles. The van der Waals surface area contributed by atoms with E-state index in [1.807, 2.05) is 0 Å². The molecule has 0 atom stereocenters. The summed E-state index contributed by atoms with van der Waals surface area (Å²) in [4.78, 5) is 38.4. The van der Waals surface area contributed by atoms with Crippen LogP contribution in [0.15, 0.2) is 24.3 Å². The molecular weight excluding hydrogens is 372 g/mol. The Morgan fingerprint density at radius 1 is 1.07 bits per heavy atom. The largest absolute Gasteiger partial charge is 0.339 e. The highest BCUT2D eigenvalue weighted by molar-refractivity contribution is 7.92. The molecule has 0 unspecified atom stereocenters. The Balaban J connectivity index is 2.15. The van der Waals surface area contributed by atoms with Crippen molar-refractivity contribution in [2.24, 2.45) is 0 Å². The number of rotatable bonds is 5. The molecule has 1 heterocycles. The van der Waals surface area contributed by atoms with Crippen molar-refractivity contribution >= 4 is 39.1 Å². The smallest absolute Gasteiger partial charge is 0.243 e. The van der Waals surface area contributed by atoms with Gasteiger partial charge in [0.05, 0.1) is 11.9 Å². The fourth-order valence-electron chi connectivity index (χ4n) is 2.84. The van der Waals surface area contributed by atoms with Gasteiger partial charge < -0.3 is 15.1 Å². The summed E-state index contributed by atoms with van der Waals surface area (Å²) in [5.41, 5.74) is 0.732. The average molecular weight is 396 g/mol. The molecule has 148 valence electrons. The third kappa shape index (κ3) is 5.68. The summed E-state index contributed by atoms with van der Waals surface area (Å²) >= 11 is 0. The van der Waals surface area contributed by atoms with Crippen LogP contribution in [0, 0.1) is 0 Å². The van der Waals surface area contributed by atoms with Gasteiger partial charge in [-0.3, -0.25) is 18.7 Å². The molecular formula is C17H24N4O5S. The minimum atomic E-state index is -3.71. The number of benzene rings is 1. The van der Waals surface area contributed by atoms with Crippen LogP contribution < -0.4 is 9.62 Å². The first-order chi connectivity index (χ1) is 12.6. The van der Waals surface area contributed by atoms with Gasteiger partial charge >= 0.3 is 0 Å². The molecule has 1 N–H and O–H groups in total. The molecule has 0 aromatic heterocycles. The lowest BCUT2D eigenvalue weighted by molar-refractivity contribution is -0.137. The number of amides is 3. The van der Waals surface area contributed by atoms with E-state index in [1.165, 1.54) is 19.9 Å². The second kappa shape index (κ2) is 8.38. The molecule has 10 heteroatoms. The van der Waals surface area contributed by atoms with E-state index < -0.39 is 10.0 Å². The Kier molecular flexibility index (Phi) is 6.42. The van der Waals surface area contributed by atoms with Crippen LogP contribution in [-0.2, 0) is 24.4 Å². The van der Waals surface area contributed by atoms with Crippen molar-refractivity contribution in [3.05, 3.63) is 24.3 Å². The van der Waals surface area contributed by atoms with Gasteiger partial charge in [-0.25, -0.2) is 8.42 Å². The van der Waals surface area contributed by atoms with Gasteiger partial charge in [-0.1, -0.05) is 6.07 Å². The van der Waals surface area contributed by atoms with Crippen molar-refractivity contribution in [3.63, 3.8) is 0 Å². The van der Waals surface area contributed by atoms with E-state index in [1.54, 1.807) is 28.0 Å². The van der Waals surface area contributed by atoms with Crippen LogP contribution in [-0.4, -0.2) is 74.9 Å². The lowest BCUT2D eigenvalue weighted by atomic mass is 10.2. The van der Waals surface area contributed by atoms with E-state index in [-0.39, 0.29) is 24.3 Å². The molecule has 1 aliphatic rings. The first-order valence-electron chi connectivity index (χ1n) is 8.46. The molecule has 27 heavy (non-hydrogen) atoms. The van der Waals surface area contributed by atoms with Gasteiger partial charge in [0.2, 0.25) is 27.7 Å². The van der Waals surface area contributed by atoms with Crippen LogP contribution in [0.3, 0.4) is 0 Å². The molecule has 0 spiro atoms. The Labute approximate surface area is 159 Å². The van der Waals surface area contributed by atoms with E-state index in [4.69, 9.17) is 0 Å². The van der Waals surface area contributed by atoms with E-state index in [2.05, 4.69) is 5.32 Å². The number of nitrogens with zero attached hydrogens (tertiary/aromatic N) is 3. The van der Waals surface area contributed by atoms with Crippen molar-refractivity contribution in [3.8, 4) is 0 Å². The van der Waals surface area contributed by atoms with Crippen molar-refractivity contribution in [2.75, 3.05) is 48.6 Å². The van der Waals surface area contributed by atoms with Crippen LogP contribution in [0.2, 0.25) is 0 Å². The summed E-state index contributed by atoms with van der Waals surface area (Å²) in [6, 6.07) is 6.31. The van der Waals surface area contributed by atoms with E-state index >= 15 is 0 Å². The summed E-state index contributed by atoms with van der Waals surface area (Å²) < 4.78 is 25.5. The lowest BCUT2D eigenvalue weighted by Gasteiger charge is -2.35. The SMILES string of the molecule is CC(=O)Nc1cccc(N(CC(=O)N2CCN(C(C)=O)CC2)S(C)(=O)=O)c1. The number of anilines is 2. The summed E-state index contributed by atoms with van der Waals surface area (Å²) in [6.45, 7) is 4.07. The highest BCUT2D eigenvalue weighted by Gasteiger charge is 2.27. The maximum absolute atomic E-state index is 12.6. The van der Waals surface area contributed by atoms with Gasteiger partial charge in [0.15, 0.2) is 0 Å². The van der Waals surface area contributed by atoms with Gasteiger partial charge in [-0.2, -0.15) is 0 Å². The standard InChI is InChI=1S/C17H24N4O5S/c1-13(22)18-15-5-4-6-16(11-15)21(27(3,25)26)12-17(24)20-9-7-19(8-10-20)14(2)23/h4-6,11H,7-10,12H2,1-3H3,(H,18,22). The summed E-state index contributed by atoms with van der Waals surface area (Å²) in [5, 5.41) is 2.59. The molecule has 1 aromatic rings. The Bertz CT molecular complexity index is 831. The zero-order valence-corrected chi connectivity index (χ0v) is 16.5. The highest BCUT2D eigenvalue weighted by atomic mass is 32.2. The van der Waals surface area contributed by atoms with Crippen molar-refractivity contribution in [1.82, 2.24) is 9.80 Å². The van der Waals surface area contributed by atoms with Crippen LogP contribution >= 0.6 is 0 Å². The summed E-state index contributed by atoms with van der Waals surface area (Å²) in [5.74, 6) is -0.666. The number of carbonyl (C=O) groups excluding carboxylic acids is 3. The van der Waals surface area contributed by atoms with Crippen LogP contribution in [0.5, 0.6) is 0 Å². The zero-order chi connectivity index (χ0) is 20.2. The third-order valence-corrected chi connectivity index (χ3v) is 5.35. The molecule has 1 fully saturated rings. The minimum absolute atomic E-state index is 0.0466. The Morgan fingerprint density at radius 2 is 1.67 bits per heavy atom. The third-order valence-electron chi connectivity index (χ3n) is 4.21. The van der Waals surface area contributed by atoms with E-state index in [0.717, 1.165) is 10.6 Å². The van der Waals surface area contributed by atoms with Crippen molar-refractivity contribution < 1.29 is 22.8 Å². The molecule has 3 amide bonds. The first kappa shape index (κ1) is 20.7. The van der Waals surface area contributed by atoms with Gasteiger partial charge in [0.1, 0.15) is 6.54 Å². The molecule has 1 aromatic carbocycles. The van der Waals surface area contributed by atoms with Gasteiger partial charge in [-0.15, -0.1) is 0 Å². The second-order valence-corrected chi connectivity index (χ2v) is 8.29. The Hall–Kier alpha value is -2.62. The maximum Gasteiger partial charge on any atom is 0.243 e. The van der Waals surface area contributed by atoms with Gasteiger partial charge in [-0.05, 0) is 18.2 Å². The second-order valence-electron chi connectivity index (χ2n) is 6.39. The zero-order valence-electron chi connectivity index (χ0n) is 15.6. The molecule has 1 aliphatic heterocycles. The fourth-order valence-corrected chi connectivity index (χ4v) is 3.68. The van der Waals surface area contributed by atoms with Crippen molar-refractivity contribution in [2.45, 2.75) is 13.8 Å². The van der Waals surface area contributed by atoms with Crippen molar-refractivity contribution in [1.29, 1.82) is 0 Å². The van der Waals surface area contributed by atoms with Gasteiger partial charge in [0, 0.05) is 45.7 Å². The number of hydrogen-bond donors (Lipinski definition) is 1. The number of sulfonamides is 1. The molecule has 0 bridgehead atoms. The topological polar surface area (TPSA) is 107 Å². The number of carbonyl (C=O) groups is 3. The van der Waals surface area contributed by atoms with Gasteiger partial charge in [0.25, 0.3) is 0 Å². The first-order valence-corrected chi connectivity index (χ1v) is 10.3. The van der Waals surface area contributed by atoms with Crippen LogP contribution in [0.25, 0.3) is 0 Å². The maximum atomic E-state index is 12.6. The van der Waals surface area contributed by atoms with Crippen LogP contribution in [0.4, 0.5) is 11.4 Å². The number of hydrogen-bond acceptors (Lipinski definition) is 5. The Morgan fingerprint density at radius 3 is 2.19 bits per heavy atom. The predicted octanol–water partition coefficient (Wildman–Crippen LogP) is 0.102. The predicted molar refractivity (Wildman–Crippen MR) is 102 cm³/mol.